The minimum absolute atomic E-state index is 0.110. The van der Waals surface area contributed by atoms with Crippen molar-refractivity contribution in [3.63, 3.8) is 0 Å². The molecule has 0 radical (unpaired) electrons. The predicted molar refractivity (Wildman–Crippen MR) is 137 cm³/mol. The first-order chi connectivity index (χ1) is 18.3. The minimum atomic E-state index is -1.26. The molecule has 3 heterocycles. The van der Waals surface area contributed by atoms with Gasteiger partial charge in [0.1, 0.15) is 23.7 Å². The van der Waals surface area contributed by atoms with Crippen LogP contribution in [0.4, 0.5) is 24.8 Å². The third-order valence-electron chi connectivity index (χ3n) is 7.20. The van der Waals surface area contributed by atoms with E-state index in [0.717, 1.165) is 24.0 Å². The number of nitrogens with two attached hydrogens (primary N) is 1. The van der Waals surface area contributed by atoms with Crippen LogP contribution in [-0.4, -0.2) is 32.1 Å². The van der Waals surface area contributed by atoms with Crippen molar-refractivity contribution >= 4 is 28.8 Å². The highest BCUT2D eigenvalue weighted by atomic mass is 19.2. The average molecular weight is 515 g/mol. The van der Waals surface area contributed by atoms with Gasteiger partial charge in [0.05, 0.1) is 22.7 Å². The Kier molecular flexibility index (Phi) is 5.41. The van der Waals surface area contributed by atoms with E-state index in [4.69, 9.17) is 5.73 Å². The van der Waals surface area contributed by atoms with Crippen molar-refractivity contribution < 1.29 is 18.0 Å². The highest BCUT2D eigenvalue weighted by molar-refractivity contribution is 5.84. The summed E-state index contributed by atoms with van der Waals surface area (Å²) in [7, 11) is 0. The summed E-state index contributed by atoms with van der Waals surface area (Å²) >= 11 is 0. The number of carbonyl (C=O) groups excluding carboxylic acids is 1. The molecule has 10 heteroatoms. The van der Waals surface area contributed by atoms with Crippen LogP contribution in [0, 0.1) is 17.5 Å². The van der Waals surface area contributed by atoms with Crippen LogP contribution < -0.4 is 11.1 Å². The number of hydrogen-bond acceptors (Lipinski definition) is 6. The largest absolute Gasteiger partial charge is 0.383 e. The van der Waals surface area contributed by atoms with Gasteiger partial charge in [0, 0.05) is 22.9 Å². The molecule has 6 rings (SSSR count). The predicted octanol–water partition coefficient (Wildman–Crippen LogP) is 4.70. The van der Waals surface area contributed by atoms with Gasteiger partial charge in [0.2, 0.25) is 0 Å². The van der Waals surface area contributed by atoms with E-state index in [2.05, 4.69) is 20.4 Å². The number of nitrogen functional groups attached to an aromatic ring is 1. The molecular weight excluding hydrogens is 493 g/mol. The number of nitrogens with one attached hydrogen (secondary N) is 1. The lowest BCUT2D eigenvalue weighted by atomic mass is 9.73. The number of nitrogens with zero attached hydrogens (tertiary/aromatic N) is 4. The van der Waals surface area contributed by atoms with Crippen molar-refractivity contribution in [1.29, 1.82) is 0 Å². The third-order valence-corrected chi connectivity index (χ3v) is 7.20. The number of carbonyl (C=O) groups is 1. The molecule has 2 atom stereocenters. The first-order valence-corrected chi connectivity index (χ1v) is 11.9. The van der Waals surface area contributed by atoms with E-state index < -0.39 is 34.5 Å². The Balaban J connectivity index is 1.50. The Morgan fingerprint density at radius 1 is 1.00 bits per heavy atom. The molecule has 38 heavy (non-hydrogen) atoms. The van der Waals surface area contributed by atoms with Crippen LogP contribution in [0.5, 0.6) is 0 Å². The van der Waals surface area contributed by atoms with Gasteiger partial charge in [-0.2, -0.15) is 19.7 Å². The molecule has 190 valence electrons. The van der Waals surface area contributed by atoms with E-state index in [9.17, 15) is 18.0 Å². The summed E-state index contributed by atoms with van der Waals surface area (Å²) in [5.74, 6) is -2.61. The Labute approximate surface area is 215 Å². The van der Waals surface area contributed by atoms with Crippen molar-refractivity contribution in [3.05, 3.63) is 107 Å². The normalized spacial score (nSPS) is 18.4. The maximum atomic E-state index is 14.4. The second-order valence-corrected chi connectivity index (χ2v) is 9.33. The van der Waals surface area contributed by atoms with Gasteiger partial charge in [0.25, 0.3) is 5.95 Å². The monoisotopic (exact) mass is 514 g/mol. The summed E-state index contributed by atoms with van der Waals surface area (Å²) in [6.07, 6.45) is 0.526. The zero-order chi connectivity index (χ0) is 26.6. The Hall–Kier alpha value is -4.73. The van der Waals surface area contributed by atoms with Gasteiger partial charge in [-0.3, -0.25) is 0 Å². The number of fused-ring (bicyclic) bond motifs is 2. The molecule has 0 saturated carbocycles. The summed E-state index contributed by atoms with van der Waals surface area (Å²) < 4.78 is 44.1. The van der Waals surface area contributed by atoms with Gasteiger partial charge < -0.3 is 15.8 Å². The Bertz CT molecular complexity index is 1720. The van der Waals surface area contributed by atoms with Crippen molar-refractivity contribution in [2.75, 3.05) is 11.1 Å². The standard InChI is InChI=1S/C28H21F3N6O/c1-28(15-7-3-2-4-8-15)22(14-38)33-26-23(28)25(32)34-27(35-26)37-21-10-6-5-9-16(21)20(36-37)13-17-18(29)11-12-19(30)24(17)31/h2-12,14,22H,13H2,1H3,(H3,32,33,34,35). The van der Waals surface area contributed by atoms with Crippen molar-refractivity contribution in [1.82, 2.24) is 19.7 Å². The number of para-hydroxylation sites is 1. The molecule has 7 nitrogen and oxygen atoms in total. The fourth-order valence-electron chi connectivity index (χ4n) is 5.21. The van der Waals surface area contributed by atoms with Crippen LogP contribution in [0.25, 0.3) is 16.9 Å². The summed E-state index contributed by atoms with van der Waals surface area (Å²) in [5, 5.41) is 8.30. The molecule has 2 unspecified atom stereocenters. The first kappa shape index (κ1) is 23.7. The first-order valence-electron chi connectivity index (χ1n) is 11.9. The van der Waals surface area contributed by atoms with Gasteiger partial charge in [-0.25, -0.2) is 13.2 Å². The molecule has 0 amide bonds. The van der Waals surface area contributed by atoms with E-state index in [0.29, 0.717) is 28.0 Å². The second kappa shape index (κ2) is 8.69. The molecule has 0 saturated heterocycles. The SMILES string of the molecule is CC1(c2ccccc2)c2c(N)nc(-n3nc(Cc4c(F)ccc(F)c4F)c4ccccc43)nc2NC1C=O. The molecule has 3 aromatic carbocycles. The van der Waals surface area contributed by atoms with Gasteiger partial charge >= 0.3 is 0 Å². The fourth-order valence-corrected chi connectivity index (χ4v) is 5.21. The number of aldehydes is 1. The highest BCUT2D eigenvalue weighted by Gasteiger charge is 2.47. The number of hydrogen-bond donors (Lipinski definition) is 2. The smallest absolute Gasteiger partial charge is 0.255 e. The summed E-state index contributed by atoms with van der Waals surface area (Å²) in [4.78, 5) is 21.3. The molecule has 2 aromatic heterocycles. The van der Waals surface area contributed by atoms with E-state index in [1.54, 1.807) is 24.3 Å². The average Bonchev–Trinajstić information content (AvgIpc) is 3.45. The van der Waals surface area contributed by atoms with E-state index in [-0.39, 0.29) is 18.2 Å². The lowest BCUT2D eigenvalue weighted by Crippen LogP contribution is -2.38. The number of halogens is 3. The van der Waals surface area contributed by atoms with Gasteiger partial charge in [-0.05, 0) is 30.7 Å². The second-order valence-electron chi connectivity index (χ2n) is 9.33. The molecule has 0 bridgehead atoms. The lowest BCUT2D eigenvalue weighted by Gasteiger charge is -2.29. The molecule has 1 aliphatic rings. The van der Waals surface area contributed by atoms with Gasteiger partial charge in [-0.15, -0.1) is 0 Å². The zero-order valence-corrected chi connectivity index (χ0v) is 20.1. The van der Waals surface area contributed by atoms with Crippen molar-refractivity contribution in [2.24, 2.45) is 0 Å². The molecule has 0 fully saturated rings. The lowest BCUT2D eigenvalue weighted by molar-refractivity contribution is -0.109. The van der Waals surface area contributed by atoms with E-state index >= 15 is 0 Å². The molecule has 0 spiro atoms. The van der Waals surface area contributed by atoms with Crippen LogP contribution in [0.15, 0.2) is 66.7 Å². The van der Waals surface area contributed by atoms with Crippen LogP contribution in [0.1, 0.15) is 29.3 Å². The number of anilines is 2. The summed E-state index contributed by atoms with van der Waals surface area (Å²) in [5.41, 5.74) is 7.57. The van der Waals surface area contributed by atoms with E-state index in [1.807, 2.05) is 37.3 Å². The number of rotatable bonds is 5. The maximum absolute atomic E-state index is 14.4. The fraction of sp³-hybridized carbons (Fsp3) is 0.143. The van der Waals surface area contributed by atoms with Crippen LogP contribution >= 0.6 is 0 Å². The Morgan fingerprint density at radius 3 is 2.47 bits per heavy atom. The quantitative estimate of drug-likeness (QED) is 0.261. The molecular formula is C28H21F3N6O. The summed E-state index contributed by atoms with van der Waals surface area (Å²) in [6.45, 7) is 1.91. The zero-order valence-electron chi connectivity index (χ0n) is 20.1. The topological polar surface area (TPSA) is 98.7 Å². The molecule has 0 aliphatic carbocycles. The van der Waals surface area contributed by atoms with Crippen molar-refractivity contribution in [3.8, 4) is 5.95 Å². The summed E-state index contributed by atoms with van der Waals surface area (Å²) in [6, 6.07) is 17.5. The van der Waals surface area contributed by atoms with Crippen molar-refractivity contribution in [2.45, 2.75) is 24.8 Å². The number of aromatic nitrogens is 4. The molecule has 1 aliphatic heterocycles. The Morgan fingerprint density at radius 2 is 1.71 bits per heavy atom. The van der Waals surface area contributed by atoms with Gasteiger partial charge in [-0.1, -0.05) is 48.5 Å². The molecule has 3 N–H and O–H groups in total. The van der Waals surface area contributed by atoms with E-state index in [1.165, 1.54) is 4.68 Å². The third kappa shape index (κ3) is 3.44. The van der Waals surface area contributed by atoms with Crippen LogP contribution in [0.2, 0.25) is 0 Å². The van der Waals surface area contributed by atoms with Crippen LogP contribution in [-0.2, 0) is 16.6 Å². The highest BCUT2D eigenvalue weighted by Crippen LogP contribution is 2.47. The van der Waals surface area contributed by atoms with Crippen LogP contribution in [0.3, 0.4) is 0 Å². The molecule has 5 aromatic rings. The van der Waals surface area contributed by atoms with Gasteiger partial charge in [0.15, 0.2) is 11.6 Å². The maximum Gasteiger partial charge on any atom is 0.255 e. The minimum Gasteiger partial charge on any atom is -0.383 e. The number of benzene rings is 3.